The van der Waals surface area contributed by atoms with Gasteiger partial charge in [0.1, 0.15) is 0 Å². The number of thioether (sulfide) groups is 1. The van der Waals surface area contributed by atoms with Gasteiger partial charge in [-0.2, -0.15) is 0 Å². The standard InChI is InChI=1S/C8H10S/c1-3-5-6-8-9-7-4-2/h4,6-8H,1-2H3/b7-4-,8-6+. The molecule has 0 rings (SSSR count). The number of hydrogen-bond acceptors (Lipinski definition) is 1. The van der Waals surface area contributed by atoms with Crippen molar-refractivity contribution in [3.63, 3.8) is 0 Å². The van der Waals surface area contributed by atoms with Crippen LogP contribution in [-0.2, 0) is 0 Å². The Morgan fingerprint density at radius 1 is 1.33 bits per heavy atom. The van der Waals surface area contributed by atoms with Crippen LogP contribution in [0.15, 0.2) is 23.0 Å². The van der Waals surface area contributed by atoms with Crippen molar-refractivity contribution in [2.24, 2.45) is 0 Å². The molecule has 1 heteroatoms. The average molecular weight is 138 g/mol. The molecule has 9 heavy (non-hydrogen) atoms. The maximum Gasteiger partial charge on any atom is -0.00235 e. The van der Waals surface area contributed by atoms with Crippen molar-refractivity contribution in [1.29, 1.82) is 0 Å². The van der Waals surface area contributed by atoms with Crippen LogP contribution in [0, 0.1) is 11.8 Å². The van der Waals surface area contributed by atoms with Gasteiger partial charge in [-0.25, -0.2) is 0 Å². The Morgan fingerprint density at radius 3 is 2.67 bits per heavy atom. The fourth-order valence-corrected chi connectivity index (χ4v) is 0.675. The Balaban J connectivity index is 3.32. The van der Waals surface area contributed by atoms with Crippen LogP contribution in [0.4, 0.5) is 0 Å². The number of allylic oxidation sites excluding steroid dienone is 2. The summed E-state index contributed by atoms with van der Waals surface area (Å²) in [6.45, 7) is 3.82. The highest BCUT2D eigenvalue weighted by Gasteiger charge is 1.63. The molecule has 0 N–H and O–H groups in total. The molecule has 0 aliphatic heterocycles. The van der Waals surface area contributed by atoms with E-state index in [9.17, 15) is 0 Å². The molecule has 0 bridgehead atoms. The summed E-state index contributed by atoms with van der Waals surface area (Å²) in [4.78, 5) is 0. The summed E-state index contributed by atoms with van der Waals surface area (Å²) >= 11 is 1.63. The van der Waals surface area contributed by atoms with Crippen LogP contribution in [0.1, 0.15) is 13.8 Å². The predicted octanol–water partition coefficient (Wildman–Crippen LogP) is 2.79. The van der Waals surface area contributed by atoms with Crippen molar-refractivity contribution >= 4 is 11.8 Å². The molecule has 0 aromatic heterocycles. The minimum atomic E-state index is 1.63. The van der Waals surface area contributed by atoms with Crippen LogP contribution >= 0.6 is 11.8 Å². The Morgan fingerprint density at radius 2 is 2.11 bits per heavy atom. The van der Waals surface area contributed by atoms with Crippen LogP contribution < -0.4 is 0 Å². The van der Waals surface area contributed by atoms with E-state index in [0.29, 0.717) is 0 Å². The summed E-state index contributed by atoms with van der Waals surface area (Å²) < 4.78 is 0. The van der Waals surface area contributed by atoms with Gasteiger partial charge in [0.15, 0.2) is 0 Å². The second-order valence-electron chi connectivity index (χ2n) is 1.30. The van der Waals surface area contributed by atoms with Crippen molar-refractivity contribution < 1.29 is 0 Å². The zero-order valence-corrected chi connectivity index (χ0v) is 6.53. The van der Waals surface area contributed by atoms with E-state index >= 15 is 0 Å². The van der Waals surface area contributed by atoms with Gasteiger partial charge in [-0.3, -0.25) is 0 Å². The van der Waals surface area contributed by atoms with Gasteiger partial charge in [-0.1, -0.05) is 12.0 Å². The zero-order valence-electron chi connectivity index (χ0n) is 5.72. The van der Waals surface area contributed by atoms with Gasteiger partial charge in [-0.05, 0) is 30.7 Å². The highest BCUT2D eigenvalue weighted by atomic mass is 32.2. The summed E-state index contributed by atoms with van der Waals surface area (Å²) in [7, 11) is 0. The molecular formula is C8H10S. The van der Waals surface area contributed by atoms with E-state index in [2.05, 4.69) is 11.8 Å². The lowest BCUT2D eigenvalue weighted by Crippen LogP contribution is -1.45. The van der Waals surface area contributed by atoms with Gasteiger partial charge >= 0.3 is 0 Å². The lowest BCUT2D eigenvalue weighted by Gasteiger charge is -1.74. The summed E-state index contributed by atoms with van der Waals surface area (Å²) in [5.41, 5.74) is 0. The number of rotatable bonds is 2. The Bertz CT molecular complexity index is 155. The molecule has 0 spiro atoms. The van der Waals surface area contributed by atoms with Crippen molar-refractivity contribution in [1.82, 2.24) is 0 Å². The molecule has 0 aliphatic rings. The van der Waals surface area contributed by atoms with Crippen LogP contribution in [0.5, 0.6) is 0 Å². The molecule has 0 heterocycles. The summed E-state index contributed by atoms with van der Waals surface area (Å²) in [6.07, 6.45) is 3.83. The highest BCUT2D eigenvalue weighted by Crippen LogP contribution is 2.01. The zero-order chi connectivity index (χ0) is 6.95. The monoisotopic (exact) mass is 138 g/mol. The third-order valence-electron chi connectivity index (χ3n) is 0.589. The molecule has 0 aliphatic carbocycles. The Kier molecular flexibility index (Phi) is 6.89. The molecule has 0 saturated carbocycles. The minimum Gasteiger partial charge on any atom is -0.106 e. The number of hydrogen-bond donors (Lipinski definition) is 0. The molecule has 0 amide bonds. The quantitative estimate of drug-likeness (QED) is 0.529. The van der Waals surface area contributed by atoms with Gasteiger partial charge in [-0.15, -0.1) is 17.7 Å². The first-order valence-corrected chi connectivity index (χ1v) is 3.70. The fourth-order valence-electron chi connectivity index (χ4n) is 0.281. The summed E-state index contributed by atoms with van der Waals surface area (Å²) in [5, 5.41) is 3.96. The van der Waals surface area contributed by atoms with Crippen LogP contribution in [0.25, 0.3) is 0 Å². The second kappa shape index (κ2) is 7.39. The van der Waals surface area contributed by atoms with Gasteiger partial charge in [0.05, 0.1) is 0 Å². The lowest BCUT2D eigenvalue weighted by atomic mass is 10.6. The largest absolute Gasteiger partial charge is 0.106 e. The molecule has 0 saturated heterocycles. The van der Waals surface area contributed by atoms with E-state index in [-0.39, 0.29) is 0 Å². The third-order valence-corrected chi connectivity index (χ3v) is 1.31. The van der Waals surface area contributed by atoms with Crippen LogP contribution in [0.2, 0.25) is 0 Å². The van der Waals surface area contributed by atoms with Crippen molar-refractivity contribution in [3.8, 4) is 11.8 Å². The van der Waals surface area contributed by atoms with E-state index in [0.717, 1.165) is 0 Å². The van der Waals surface area contributed by atoms with E-state index < -0.39 is 0 Å². The molecule has 0 unspecified atom stereocenters. The SMILES string of the molecule is CC#C/C=C/S/C=C\C. The van der Waals surface area contributed by atoms with E-state index in [1.165, 1.54) is 0 Å². The van der Waals surface area contributed by atoms with Crippen molar-refractivity contribution in [3.05, 3.63) is 23.0 Å². The highest BCUT2D eigenvalue weighted by molar-refractivity contribution is 8.04. The molecule has 0 aromatic rings. The predicted molar refractivity (Wildman–Crippen MR) is 45.0 cm³/mol. The minimum absolute atomic E-state index is 1.63. The van der Waals surface area contributed by atoms with E-state index in [1.807, 2.05) is 36.8 Å². The van der Waals surface area contributed by atoms with Gasteiger partial charge < -0.3 is 0 Å². The smallest absolute Gasteiger partial charge is 0.00235 e. The van der Waals surface area contributed by atoms with Crippen molar-refractivity contribution in [2.75, 3.05) is 0 Å². The molecule has 0 nitrogen and oxygen atoms in total. The molecule has 0 fully saturated rings. The average Bonchev–Trinajstić information content (AvgIpc) is 1.89. The molecule has 0 aromatic carbocycles. The second-order valence-corrected chi connectivity index (χ2v) is 2.12. The Hall–Kier alpha value is -0.610. The first kappa shape index (κ1) is 8.39. The maximum atomic E-state index is 2.82. The van der Waals surface area contributed by atoms with E-state index in [4.69, 9.17) is 0 Å². The molecule has 48 valence electrons. The maximum absolute atomic E-state index is 2.82. The topological polar surface area (TPSA) is 0 Å². The van der Waals surface area contributed by atoms with Crippen molar-refractivity contribution in [2.45, 2.75) is 13.8 Å². The normalized spacial score (nSPS) is 10.0. The van der Waals surface area contributed by atoms with Gasteiger partial charge in [0.25, 0.3) is 0 Å². The lowest BCUT2D eigenvalue weighted by molar-refractivity contribution is 1.79. The molecule has 0 radical (unpaired) electrons. The fraction of sp³-hybridized carbons (Fsp3) is 0.250. The van der Waals surface area contributed by atoms with Crippen LogP contribution in [-0.4, -0.2) is 0 Å². The van der Waals surface area contributed by atoms with E-state index in [1.54, 1.807) is 11.8 Å². The molecule has 0 atom stereocenters. The third kappa shape index (κ3) is 7.39. The summed E-state index contributed by atoms with van der Waals surface area (Å²) in [6, 6.07) is 0. The first-order valence-electron chi connectivity index (χ1n) is 2.75. The Labute approximate surface area is 61.0 Å². The molecular weight excluding hydrogens is 128 g/mol. The van der Waals surface area contributed by atoms with Crippen LogP contribution in [0.3, 0.4) is 0 Å². The summed E-state index contributed by atoms with van der Waals surface area (Å²) in [5.74, 6) is 5.59. The first-order chi connectivity index (χ1) is 4.41. The van der Waals surface area contributed by atoms with Gasteiger partial charge in [0.2, 0.25) is 0 Å². The van der Waals surface area contributed by atoms with Gasteiger partial charge in [0, 0.05) is 0 Å².